The Hall–Kier alpha value is -1.57. The van der Waals surface area contributed by atoms with Gasteiger partial charge in [0.25, 0.3) is 0 Å². The van der Waals surface area contributed by atoms with Gasteiger partial charge in [0.15, 0.2) is 5.92 Å². The maximum atomic E-state index is 8.18. The van der Waals surface area contributed by atoms with Crippen molar-refractivity contribution in [1.82, 2.24) is 0 Å². The molecule has 48 valence electrons. The van der Waals surface area contributed by atoms with E-state index in [9.17, 15) is 0 Å². The molecule has 0 unspecified atom stereocenters. The number of rotatable bonds is 2. The summed E-state index contributed by atoms with van der Waals surface area (Å²) < 4.78 is 0. The third kappa shape index (κ3) is 1.78. The van der Waals surface area contributed by atoms with Gasteiger partial charge in [-0.2, -0.15) is 5.26 Å². The number of hydrogen-bond donors (Lipinski definition) is 4. The standard InChI is InChI=1S/C4H7N5/c5-1-2(3(6)7)4(8)9/h2H,(H3,6,7)(H3,8,9). The summed E-state index contributed by atoms with van der Waals surface area (Å²) in [6.07, 6.45) is 0. The SMILES string of the molecule is N#CC(C(=N)N)C(=N)N. The Kier molecular flexibility index (Phi) is 2.20. The van der Waals surface area contributed by atoms with Crippen LogP contribution in [0.25, 0.3) is 0 Å². The van der Waals surface area contributed by atoms with Crippen LogP contribution in [-0.4, -0.2) is 11.7 Å². The Balaban J connectivity index is 4.22. The normalized spacial score (nSPS) is 11.4. The van der Waals surface area contributed by atoms with Crippen LogP contribution in [0.4, 0.5) is 0 Å². The maximum Gasteiger partial charge on any atom is 0.159 e. The third-order valence-corrected chi connectivity index (χ3v) is 0.751. The molecule has 0 amide bonds. The van der Waals surface area contributed by atoms with Crippen LogP contribution < -0.4 is 11.5 Å². The van der Waals surface area contributed by atoms with E-state index >= 15 is 0 Å². The van der Waals surface area contributed by atoms with Crippen LogP contribution in [-0.2, 0) is 0 Å². The van der Waals surface area contributed by atoms with Gasteiger partial charge in [-0.15, -0.1) is 0 Å². The number of nitriles is 1. The monoisotopic (exact) mass is 125 g/mol. The molecule has 5 nitrogen and oxygen atoms in total. The van der Waals surface area contributed by atoms with Crippen molar-refractivity contribution in [3.63, 3.8) is 0 Å². The molecule has 0 saturated heterocycles. The van der Waals surface area contributed by atoms with E-state index in [4.69, 9.17) is 27.5 Å². The van der Waals surface area contributed by atoms with Gasteiger partial charge in [-0.3, -0.25) is 10.8 Å². The zero-order chi connectivity index (χ0) is 7.44. The smallest absolute Gasteiger partial charge is 0.159 e. The van der Waals surface area contributed by atoms with Gasteiger partial charge in [-0.1, -0.05) is 0 Å². The van der Waals surface area contributed by atoms with Crippen LogP contribution in [0.15, 0.2) is 0 Å². The molecule has 0 spiro atoms. The fourth-order valence-corrected chi connectivity index (χ4v) is 0.307. The van der Waals surface area contributed by atoms with E-state index < -0.39 is 5.92 Å². The summed E-state index contributed by atoms with van der Waals surface area (Å²) in [7, 11) is 0. The van der Waals surface area contributed by atoms with Crippen molar-refractivity contribution < 1.29 is 0 Å². The van der Waals surface area contributed by atoms with Crippen molar-refractivity contribution in [2.24, 2.45) is 17.4 Å². The molecule has 0 fully saturated rings. The Morgan fingerprint density at radius 1 is 1.33 bits per heavy atom. The van der Waals surface area contributed by atoms with Crippen LogP contribution in [0.5, 0.6) is 0 Å². The molecular formula is C4H7N5. The van der Waals surface area contributed by atoms with Gasteiger partial charge in [0.1, 0.15) is 11.7 Å². The highest BCUT2D eigenvalue weighted by Crippen LogP contribution is 1.89. The first-order valence-corrected chi connectivity index (χ1v) is 2.17. The lowest BCUT2D eigenvalue weighted by atomic mass is 10.1. The number of nitrogens with zero attached hydrogens (tertiary/aromatic N) is 1. The molecule has 9 heavy (non-hydrogen) atoms. The molecule has 0 aromatic heterocycles. The second-order valence-corrected chi connectivity index (χ2v) is 1.47. The van der Waals surface area contributed by atoms with Gasteiger partial charge in [-0.05, 0) is 0 Å². The zero-order valence-electron chi connectivity index (χ0n) is 4.68. The molecule has 0 bridgehead atoms. The minimum Gasteiger partial charge on any atom is -0.386 e. The van der Waals surface area contributed by atoms with E-state index in [1.807, 2.05) is 0 Å². The number of hydrogen-bond acceptors (Lipinski definition) is 3. The first-order valence-electron chi connectivity index (χ1n) is 2.17. The minimum atomic E-state index is -1.05. The summed E-state index contributed by atoms with van der Waals surface area (Å²) in [6, 6.07) is 1.60. The Labute approximate surface area is 52.3 Å². The fraction of sp³-hybridized carbons (Fsp3) is 0.250. The van der Waals surface area contributed by atoms with Crippen molar-refractivity contribution in [2.75, 3.05) is 0 Å². The molecule has 0 radical (unpaired) electrons. The highest BCUT2D eigenvalue weighted by atomic mass is 14.8. The topological polar surface area (TPSA) is 124 Å². The molecule has 0 saturated carbocycles. The molecule has 0 rings (SSSR count). The predicted octanol–water partition coefficient (Wildman–Crippen LogP) is -1.00. The lowest BCUT2D eigenvalue weighted by molar-refractivity contribution is 1.11. The van der Waals surface area contributed by atoms with Crippen LogP contribution in [0.2, 0.25) is 0 Å². The predicted molar refractivity (Wildman–Crippen MR) is 32.9 cm³/mol. The molecular weight excluding hydrogens is 118 g/mol. The lowest BCUT2D eigenvalue weighted by Gasteiger charge is -2.01. The quantitative estimate of drug-likeness (QED) is 0.279. The summed E-state index contributed by atoms with van der Waals surface area (Å²) in [6.45, 7) is 0. The molecule has 0 aliphatic rings. The third-order valence-electron chi connectivity index (χ3n) is 0.751. The van der Waals surface area contributed by atoms with E-state index in [0.717, 1.165) is 0 Å². The molecule has 0 aliphatic carbocycles. The first kappa shape index (κ1) is 7.43. The summed E-state index contributed by atoms with van der Waals surface area (Å²) in [4.78, 5) is 0. The highest BCUT2D eigenvalue weighted by Gasteiger charge is 2.12. The summed E-state index contributed by atoms with van der Waals surface area (Å²) in [5, 5.41) is 21.6. The molecule has 0 heterocycles. The lowest BCUT2D eigenvalue weighted by Crippen LogP contribution is -2.32. The van der Waals surface area contributed by atoms with Crippen LogP contribution >= 0.6 is 0 Å². The van der Waals surface area contributed by atoms with Crippen molar-refractivity contribution in [2.45, 2.75) is 0 Å². The molecule has 0 aliphatic heterocycles. The van der Waals surface area contributed by atoms with E-state index in [0.29, 0.717) is 0 Å². The summed E-state index contributed by atoms with van der Waals surface area (Å²) in [5.74, 6) is -1.82. The van der Waals surface area contributed by atoms with Gasteiger partial charge in [-0.25, -0.2) is 0 Å². The largest absolute Gasteiger partial charge is 0.386 e. The van der Waals surface area contributed by atoms with Crippen molar-refractivity contribution >= 4 is 11.7 Å². The number of amidine groups is 2. The van der Waals surface area contributed by atoms with Gasteiger partial charge in [0, 0.05) is 0 Å². The average Bonchev–Trinajstić information content (AvgIpc) is 1.64. The van der Waals surface area contributed by atoms with E-state index in [1.165, 1.54) is 0 Å². The molecule has 0 atom stereocenters. The van der Waals surface area contributed by atoms with Crippen LogP contribution in [0.3, 0.4) is 0 Å². The van der Waals surface area contributed by atoms with Gasteiger partial charge in [0.2, 0.25) is 0 Å². The molecule has 0 aromatic carbocycles. The second-order valence-electron chi connectivity index (χ2n) is 1.47. The zero-order valence-corrected chi connectivity index (χ0v) is 4.68. The molecule has 5 heteroatoms. The molecule has 6 N–H and O–H groups in total. The second kappa shape index (κ2) is 2.67. The average molecular weight is 125 g/mol. The summed E-state index contributed by atoms with van der Waals surface area (Å²) in [5.41, 5.74) is 9.78. The number of nitrogens with one attached hydrogen (secondary N) is 2. The van der Waals surface area contributed by atoms with Crippen molar-refractivity contribution in [3.8, 4) is 6.07 Å². The van der Waals surface area contributed by atoms with E-state index in [1.54, 1.807) is 6.07 Å². The van der Waals surface area contributed by atoms with Gasteiger partial charge in [0.05, 0.1) is 6.07 Å². The minimum absolute atomic E-state index is 0.384. The van der Waals surface area contributed by atoms with Crippen LogP contribution in [0, 0.1) is 28.1 Å². The van der Waals surface area contributed by atoms with Gasteiger partial charge < -0.3 is 11.5 Å². The van der Waals surface area contributed by atoms with Crippen molar-refractivity contribution in [1.29, 1.82) is 16.1 Å². The highest BCUT2D eigenvalue weighted by molar-refractivity contribution is 6.03. The van der Waals surface area contributed by atoms with Gasteiger partial charge >= 0.3 is 0 Å². The Bertz CT molecular complexity index is 162. The number of nitrogens with two attached hydrogens (primary N) is 2. The Morgan fingerprint density at radius 2 is 1.67 bits per heavy atom. The van der Waals surface area contributed by atoms with E-state index in [2.05, 4.69) is 0 Å². The summed E-state index contributed by atoms with van der Waals surface area (Å²) >= 11 is 0. The Morgan fingerprint density at radius 3 is 1.67 bits per heavy atom. The van der Waals surface area contributed by atoms with Crippen LogP contribution in [0.1, 0.15) is 0 Å². The van der Waals surface area contributed by atoms with Crippen molar-refractivity contribution in [3.05, 3.63) is 0 Å². The first-order chi connectivity index (χ1) is 4.09. The molecule has 0 aromatic rings. The fourth-order valence-electron chi connectivity index (χ4n) is 0.307. The van der Waals surface area contributed by atoms with E-state index in [-0.39, 0.29) is 11.7 Å². The maximum absolute atomic E-state index is 8.18.